The molecule has 4 heteroatoms. The number of nitrogens with two attached hydrogens (primary N) is 1. The minimum Gasteiger partial charge on any atom is -0.385 e. The highest BCUT2D eigenvalue weighted by Gasteiger charge is 2.49. The van der Waals surface area contributed by atoms with Crippen LogP contribution in [-0.2, 0) is 0 Å². The maximum absolute atomic E-state index is 11.1. The molecule has 3 N–H and O–H groups in total. The largest absolute Gasteiger partial charge is 0.385 e. The molecule has 2 rings (SSSR count). The first-order chi connectivity index (χ1) is 6.19. The first kappa shape index (κ1) is 8.53. The van der Waals surface area contributed by atoms with Crippen molar-refractivity contribution in [2.75, 3.05) is 0 Å². The number of aliphatic imine (C=N–C) groups is 1. The molecule has 13 heavy (non-hydrogen) atoms. The van der Waals surface area contributed by atoms with Crippen molar-refractivity contribution in [1.29, 1.82) is 0 Å². The number of nitrogens with one attached hydrogen (secondary N) is 1. The van der Waals surface area contributed by atoms with Gasteiger partial charge in [0, 0.05) is 0 Å². The normalized spacial score (nSPS) is 38.1. The molecule has 0 saturated heterocycles. The molecule has 1 saturated carbocycles. The lowest BCUT2D eigenvalue weighted by Gasteiger charge is -2.30. The van der Waals surface area contributed by atoms with Crippen LogP contribution in [0.2, 0.25) is 0 Å². The molecular formula is C9H15N3O. The average Bonchev–Trinajstić information content (AvgIpc) is 2.59. The fourth-order valence-electron chi connectivity index (χ4n) is 2.62. The molecule has 0 aromatic heterocycles. The van der Waals surface area contributed by atoms with Gasteiger partial charge < -0.3 is 11.1 Å². The highest BCUT2D eigenvalue weighted by molar-refractivity contribution is 6.06. The number of amides is 2. The summed E-state index contributed by atoms with van der Waals surface area (Å²) >= 11 is 0. The Balaban J connectivity index is 2.30. The molecule has 72 valence electrons. The smallest absolute Gasteiger partial charge is 0.343 e. The second kappa shape index (κ2) is 2.72. The first-order valence-corrected chi connectivity index (χ1v) is 4.86. The van der Waals surface area contributed by atoms with Gasteiger partial charge in [-0.15, -0.1) is 0 Å². The maximum Gasteiger partial charge on any atom is 0.343 e. The van der Waals surface area contributed by atoms with Gasteiger partial charge in [0.2, 0.25) is 0 Å². The maximum atomic E-state index is 11.1. The summed E-state index contributed by atoms with van der Waals surface area (Å²) in [5.74, 6) is 0.976. The average molecular weight is 181 g/mol. The van der Waals surface area contributed by atoms with Gasteiger partial charge in [0.1, 0.15) is 11.4 Å². The third-order valence-electron chi connectivity index (χ3n) is 3.32. The van der Waals surface area contributed by atoms with Gasteiger partial charge in [-0.05, 0) is 18.8 Å². The van der Waals surface area contributed by atoms with Crippen LogP contribution in [0.25, 0.3) is 0 Å². The lowest BCUT2D eigenvalue weighted by atomic mass is 9.85. The topological polar surface area (TPSA) is 67.5 Å². The molecule has 2 aliphatic rings. The van der Waals surface area contributed by atoms with Crippen LogP contribution in [0.15, 0.2) is 4.99 Å². The SMILES string of the molecule is CCC1CCCC12NC(=O)N=C2N. The van der Waals surface area contributed by atoms with Crippen molar-refractivity contribution in [2.45, 2.75) is 38.1 Å². The predicted molar refractivity (Wildman–Crippen MR) is 50.5 cm³/mol. The Kier molecular flexibility index (Phi) is 1.78. The summed E-state index contributed by atoms with van der Waals surface area (Å²) in [7, 11) is 0. The summed E-state index contributed by atoms with van der Waals surface area (Å²) in [4.78, 5) is 14.9. The van der Waals surface area contributed by atoms with Crippen LogP contribution in [0, 0.1) is 5.92 Å². The number of hydrogen-bond donors (Lipinski definition) is 2. The highest BCUT2D eigenvalue weighted by Crippen LogP contribution is 2.39. The lowest BCUT2D eigenvalue weighted by molar-refractivity contribution is 0.240. The Morgan fingerprint density at radius 1 is 1.77 bits per heavy atom. The van der Waals surface area contributed by atoms with Gasteiger partial charge in [0.15, 0.2) is 0 Å². The van der Waals surface area contributed by atoms with E-state index in [4.69, 9.17) is 5.73 Å². The van der Waals surface area contributed by atoms with Crippen molar-refractivity contribution in [3.05, 3.63) is 0 Å². The van der Waals surface area contributed by atoms with Crippen molar-refractivity contribution in [2.24, 2.45) is 16.6 Å². The second-order valence-electron chi connectivity index (χ2n) is 3.90. The monoisotopic (exact) mass is 181 g/mol. The molecule has 0 bridgehead atoms. The van der Waals surface area contributed by atoms with Crippen molar-refractivity contribution in [3.63, 3.8) is 0 Å². The van der Waals surface area contributed by atoms with Crippen LogP contribution in [0.5, 0.6) is 0 Å². The van der Waals surface area contributed by atoms with Crippen LogP contribution in [0.4, 0.5) is 4.79 Å². The number of carbonyl (C=O) groups is 1. The zero-order valence-electron chi connectivity index (χ0n) is 7.84. The Bertz CT molecular complexity index is 274. The molecule has 1 spiro atoms. The molecule has 0 aromatic carbocycles. The number of urea groups is 1. The zero-order valence-corrected chi connectivity index (χ0v) is 7.84. The van der Waals surface area contributed by atoms with Crippen molar-refractivity contribution in [3.8, 4) is 0 Å². The van der Waals surface area contributed by atoms with E-state index in [9.17, 15) is 4.79 Å². The Labute approximate surface area is 77.6 Å². The third kappa shape index (κ3) is 1.04. The Morgan fingerprint density at radius 3 is 3.08 bits per heavy atom. The molecular weight excluding hydrogens is 166 g/mol. The van der Waals surface area contributed by atoms with Crippen LogP contribution < -0.4 is 11.1 Å². The number of rotatable bonds is 1. The minimum atomic E-state index is -0.286. The molecule has 1 fully saturated rings. The van der Waals surface area contributed by atoms with Gasteiger partial charge in [-0.1, -0.05) is 19.8 Å². The van der Waals surface area contributed by atoms with Crippen LogP contribution in [-0.4, -0.2) is 17.4 Å². The first-order valence-electron chi connectivity index (χ1n) is 4.86. The van der Waals surface area contributed by atoms with Gasteiger partial charge >= 0.3 is 6.03 Å². The molecule has 1 aliphatic heterocycles. The second-order valence-corrected chi connectivity index (χ2v) is 3.90. The van der Waals surface area contributed by atoms with E-state index in [0.29, 0.717) is 11.8 Å². The van der Waals surface area contributed by atoms with Gasteiger partial charge in [-0.3, -0.25) is 0 Å². The van der Waals surface area contributed by atoms with E-state index in [1.54, 1.807) is 0 Å². The third-order valence-corrected chi connectivity index (χ3v) is 3.32. The number of hydrogen-bond acceptors (Lipinski definition) is 2. The van der Waals surface area contributed by atoms with E-state index in [1.807, 2.05) is 0 Å². The van der Waals surface area contributed by atoms with Crippen molar-refractivity contribution < 1.29 is 4.79 Å². The number of amidine groups is 1. The lowest BCUT2D eigenvalue weighted by Crippen LogP contribution is -2.54. The summed E-state index contributed by atoms with van der Waals surface area (Å²) in [5.41, 5.74) is 5.51. The quantitative estimate of drug-likeness (QED) is 0.634. The van der Waals surface area contributed by atoms with Crippen molar-refractivity contribution >= 4 is 11.9 Å². The molecule has 1 aliphatic carbocycles. The fraction of sp³-hybridized carbons (Fsp3) is 0.778. The van der Waals surface area contributed by atoms with Crippen molar-refractivity contribution in [1.82, 2.24) is 5.32 Å². The van der Waals surface area contributed by atoms with Crippen LogP contribution in [0.1, 0.15) is 32.6 Å². The van der Waals surface area contributed by atoms with E-state index in [1.165, 1.54) is 0 Å². The molecule has 2 amide bonds. The fourth-order valence-corrected chi connectivity index (χ4v) is 2.62. The summed E-state index contributed by atoms with van der Waals surface area (Å²) < 4.78 is 0. The summed E-state index contributed by atoms with van der Waals surface area (Å²) in [6, 6.07) is -0.266. The molecule has 0 aromatic rings. The summed E-state index contributed by atoms with van der Waals surface area (Å²) in [5, 5.41) is 2.91. The highest BCUT2D eigenvalue weighted by atomic mass is 16.2. The zero-order chi connectivity index (χ0) is 9.47. The van der Waals surface area contributed by atoms with Gasteiger partial charge in [-0.2, -0.15) is 4.99 Å². The van der Waals surface area contributed by atoms with E-state index < -0.39 is 0 Å². The molecule has 2 atom stereocenters. The molecule has 4 nitrogen and oxygen atoms in total. The van der Waals surface area contributed by atoms with Gasteiger partial charge in [-0.25, -0.2) is 4.79 Å². The van der Waals surface area contributed by atoms with Gasteiger partial charge in [0.05, 0.1) is 0 Å². The number of carbonyl (C=O) groups excluding carboxylic acids is 1. The van der Waals surface area contributed by atoms with Crippen LogP contribution in [0.3, 0.4) is 0 Å². The standard InChI is InChI=1S/C9H15N3O/c1-2-6-4-3-5-9(6)7(10)11-8(13)12-9/h6H,2-5H2,1H3,(H3,10,11,12,13). The predicted octanol–water partition coefficient (Wildman–Crippen LogP) is 1.02. The summed E-state index contributed by atoms with van der Waals surface area (Å²) in [6.07, 6.45) is 4.28. The molecule has 0 radical (unpaired) electrons. The molecule has 2 unspecified atom stereocenters. The minimum absolute atomic E-state index is 0.266. The van der Waals surface area contributed by atoms with E-state index in [0.717, 1.165) is 25.7 Å². The molecule has 1 heterocycles. The van der Waals surface area contributed by atoms with E-state index in [2.05, 4.69) is 17.2 Å². The Morgan fingerprint density at radius 2 is 2.54 bits per heavy atom. The van der Waals surface area contributed by atoms with E-state index >= 15 is 0 Å². The Hall–Kier alpha value is -1.06. The van der Waals surface area contributed by atoms with Crippen LogP contribution >= 0.6 is 0 Å². The summed E-state index contributed by atoms with van der Waals surface area (Å²) in [6.45, 7) is 2.13. The van der Waals surface area contributed by atoms with Gasteiger partial charge in [0.25, 0.3) is 0 Å². The number of nitrogens with zero attached hydrogens (tertiary/aromatic N) is 1. The van der Waals surface area contributed by atoms with E-state index in [-0.39, 0.29) is 11.6 Å².